The van der Waals surface area contributed by atoms with E-state index in [-0.39, 0.29) is 23.6 Å². The number of hydrogen-bond donors (Lipinski definition) is 1. The number of allylic oxidation sites excluding steroid dienone is 2. The summed E-state index contributed by atoms with van der Waals surface area (Å²) in [5.74, 6) is 0.447. The van der Waals surface area contributed by atoms with Crippen molar-refractivity contribution in [3.63, 3.8) is 0 Å². The molecule has 1 aromatic rings. The van der Waals surface area contributed by atoms with E-state index in [1.54, 1.807) is 32.0 Å². The number of esters is 1. The van der Waals surface area contributed by atoms with Gasteiger partial charge >= 0.3 is 5.97 Å². The van der Waals surface area contributed by atoms with Crippen molar-refractivity contribution in [1.82, 2.24) is 0 Å². The highest BCUT2D eigenvalue weighted by atomic mass is 16.5. The molecule has 7 heteroatoms. The fraction of sp³-hybridized carbons (Fsp3) is 0.429. The number of ether oxygens (including phenoxy) is 4. The average molecular weight is 386 g/mol. The van der Waals surface area contributed by atoms with Crippen LogP contribution in [0, 0.1) is 17.2 Å². The third-order valence-corrected chi connectivity index (χ3v) is 4.19. The summed E-state index contributed by atoms with van der Waals surface area (Å²) < 4.78 is 21.8. The highest BCUT2D eigenvalue weighted by Crippen LogP contribution is 2.42. The second-order valence-electron chi connectivity index (χ2n) is 6.73. The zero-order valence-electron chi connectivity index (χ0n) is 16.9. The fourth-order valence-corrected chi connectivity index (χ4v) is 2.93. The van der Waals surface area contributed by atoms with Crippen molar-refractivity contribution in [2.24, 2.45) is 11.7 Å². The van der Waals surface area contributed by atoms with Crippen molar-refractivity contribution in [1.29, 1.82) is 5.26 Å². The topological polar surface area (TPSA) is 104 Å². The second kappa shape index (κ2) is 9.18. The Labute approximate surface area is 165 Å². The van der Waals surface area contributed by atoms with Gasteiger partial charge in [-0.15, -0.1) is 0 Å². The summed E-state index contributed by atoms with van der Waals surface area (Å²) in [6.07, 6.45) is 0. The van der Waals surface area contributed by atoms with E-state index in [0.717, 1.165) is 0 Å². The first-order chi connectivity index (χ1) is 13.3. The summed E-state index contributed by atoms with van der Waals surface area (Å²) in [7, 11) is 1.54. The molecule has 0 aromatic heterocycles. The lowest BCUT2D eigenvalue weighted by Gasteiger charge is -2.27. The maximum Gasteiger partial charge on any atom is 0.338 e. The Balaban J connectivity index is 2.54. The highest BCUT2D eigenvalue weighted by Gasteiger charge is 2.36. The van der Waals surface area contributed by atoms with Gasteiger partial charge in [0, 0.05) is 0 Å². The van der Waals surface area contributed by atoms with Crippen LogP contribution in [0.2, 0.25) is 0 Å². The molecule has 0 bridgehead atoms. The van der Waals surface area contributed by atoms with E-state index < -0.39 is 11.9 Å². The van der Waals surface area contributed by atoms with Crippen molar-refractivity contribution < 1.29 is 23.7 Å². The van der Waals surface area contributed by atoms with Crippen LogP contribution in [0.3, 0.4) is 0 Å². The van der Waals surface area contributed by atoms with Crippen LogP contribution in [0.4, 0.5) is 0 Å². The lowest BCUT2D eigenvalue weighted by atomic mass is 9.83. The molecule has 1 unspecified atom stereocenters. The van der Waals surface area contributed by atoms with Gasteiger partial charge in [-0.2, -0.15) is 5.26 Å². The first-order valence-electron chi connectivity index (χ1n) is 9.10. The molecule has 7 nitrogen and oxygen atoms in total. The Morgan fingerprint density at radius 2 is 2.07 bits per heavy atom. The molecule has 1 heterocycles. The molecule has 0 saturated carbocycles. The SMILES string of the molecule is CCOC(=O)C1=C(C)OC(N)=C(C#N)C1c1ccc(OCC(C)C)c(OC)c1. The summed E-state index contributed by atoms with van der Waals surface area (Å²) in [6, 6.07) is 7.34. The zero-order chi connectivity index (χ0) is 20.8. The molecule has 2 N–H and O–H groups in total. The van der Waals surface area contributed by atoms with E-state index in [2.05, 4.69) is 19.9 Å². The van der Waals surface area contributed by atoms with Gasteiger partial charge in [0.05, 0.1) is 31.8 Å². The maximum absolute atomic E-state index is 12.6. The number of carbonyl (C=O) groups excluding carboxylic acids is 1. The van der Waals surface area contributed by atoms with E-state index in [1.807, 2.05) is 0 Å². The van der Waals surface area contributed by atoms with Crippen LogP contribution >= 0.6 is 0 Å². The van der Waals surface area contributed by atoms with E-state index in [1.165, 1.54) is 7.11 Å². The van der Waals surface area contributed by atoms with Gasteiger partial charge in [-0.1, -0.05) is 19.9 Å². The van der Waals surface area contributed by atoms with Crippen LogP contribution in [-0.2, 0) is 14.3 Å². The van der Waals surface area contributed by atoms with Crippen LogP contribution in [0.25, 0.3) is 0 Å². The number of hydrogen-bond acceptors (Lipinski definition) is 7. The zero-order valence-corrected chi connectivity index (χ0v) is 16.9. The highest BCUT2D eigenvalue weighted by molar-refractivity contribution is 5.92. The van der Waals surface area contributed by atoms with Gasteiger partial charge in [-0.25, -0.2) is 4.79 Å². The minimum absolute atomic E-state index is 0.0304. The molecule has 0 fully saturated rings. The lowest BCUT2D eigenvalue weighted by Crippen LogP contribution is -2.25. The van der Waals surface area contributed by atoms with Gasteiger partial charge in [0.1, 0.15) is 17.4 Å². The fourth-order valence-electron chi connectivity index (χ4n) is 2.93. The van der Waals surface area contributed by atoms with Crippen molar-refractivity contribution in [3.05, 3.63) is 46.6 Å². The Morgan fingerprint density at radius 3 is 2.64 bits per heavy atom. The quantitative estimate of drug-likeness (QED) is 0.716. The largest absolute Gasteiger partial charge is 0.493 e. The van der Waals surface area contributed by atoms with Crippen LogP contribution in [0.1, 0.15) is 39.2 Å². The molecule has 0 saturated heterocycles. The molecule has 0 radical (unpaired) electrons. The van der Waals surface area contributed by atoms with Gasteiger partial charge in [0.2, 0.25) is 5.88 Å². The van der Waals surface area contributed by atoms with Gasteiger partial charge < -0.3 is 24.7 Å². The maximum atomic E-state index is 12.6. The molecule has 1 aliphatic heterocycles. The lowest BCUT2D eigenvalue weighted by molar-refractivity contribution is -0.139. The predicted octanol–water partition coefficient (Wildman–Crippen LogP) is 3.37. The summed E-state index contributed by atoms with van der Waals surface area (Å²) >= 11 is 0. The number of nitriles is 1. The Hall–Kier alpha value is -3.14. The van der Waals surface area contributed by atoms with E-state index >= 15 is 0 Å². The molecular formula is C21H26N2O5. The van der Waals surface area contributed by atoms with Crippen molar-refractivity contribution in [3.8, 4) is 17.6 Å². The van der Waals surface area contributed by atoms with Gasteiger partial charge in [0.15, 0.2) is 11.5 Å². The van der Waals surface area contributed by atoms with Crippen LogP contribution in [0.15, 0.2) is 41.0 Å². The van der Waals surface area contributed by atoms with E-state index in [0.29, 0.717) is 35.3 Å². The third-order valence-electron chi connectivity index (χ3n) is 4.19. The summed E-state index contributed by atoms with van der Waals surface area (Å²) in [5, 5.41) is 9.64. The number of carbonyl (C=O) groups is 1. The smallest absolute Gasteiger partial charge is 0.338 e. The monoisotopic (exact) mass is 386 g/mol. The van der Waals surface area contributed by atoms with Crippen molar-refractivity contribution in [2.45, 2.75) is 33.6 Å². The average Bonchev–Trinajstić information content (AvgIpc) is 2.65. The molecule has 28 heavy (non-hydrogen) atoms. The normalized spacial score (nSPS) is 16.5. The first kappa shape index (κ1) is 21.2. The molecule has 0 aliphatic carbocycles. The summed E-state index contributed by atoms with van der Waals surface area (Å²) in [4.78, 5) is 12.6. The number of methoxy groups -OCH3 is 1. The van der Waals surface area contributed by atoms with Gasteiger partial charge in [-0.3, -0.25) is 0 Å². The van der Waals surface area contributed by atoms with Gasteiger partial charge in [-0.05, 0) is 37.5 Å². The number of benzene rings is 1. The molecule has 1 aromatic carbocycles. The summed E-state index contributed by atoms with van der Waals surface area (Å²) in [5.41, 5.74) is 6.96. The third kappa shape index (κ3) is 4.39. The van der Waals surface area contributed by atoms with Crippen molar-refractivity contribution in [2.75, 3.05) is 20.3 Å². The Bertz CT molecular complexity index is 849. The van der Waals surface area contributed by atoms with Crippen LogP contribution < -0.4 is 15.2 Å². The molecule has 1 atom stereocenters. The molecule has 0 amide bonds. The minimum Gasteiger partial charge on any atom is -0.493 e. The number of nitrogens with two attached hydrogens (primary N) is 1. The second-order valence-corrected chi connectivity index (χ2v) is 6.73. The Morgan fingerprint density at radius 1 is 1.36 bits per heavy atom. The Kier molecular flexibility index (Phi) is 6.94. The molecule has 1 aliphatic rings. The molecule has 2 rings (SSSR count). The van der Waals surface area contributed by atoms with Gasteiger partial charge in [0.25, 0.3) is 0 Å². The van der Waals surface area contributed by atoms with Crippen LogP contribution in [-0.4, -0.2) is 26.3 Å². The molecule has 150 valence electrons. The standard InChI is InChI=1S/C21H26N2O5/c1-6-26-21(24)18-13(4)28-20(23)15(10-22)19(18)14-7-8-16(17(9-14)25-5)27-11-12(2)3/h7-9,12,19H,6,11,23H2,1-5H3. The van der Waals surface area contributed by atoms with E-state index in [4.69, 9.17) is 24.7 Å². The van der Waals surface area contributed by atoms with Crippen molar-refractivity contribution >= 4 is 5.97 Å². The predicted molar refractivity (Wildman–Crippen MR) is 103 cm³/mol. The number of rotatable bonds is 7. The van der Waals surface area contributed by atoms with E-state index in [9.17, 15) is 10.1 Å². The number of nitrogens with zero attached hydrogens (tertiary/aromatic N) is 1. The molecular weight excluding hydrogens is 360 g/mol. The van der Waals surface area contributed by atoms with Crippen LogP contribution in [0.5, 0.6) is 11.5 Å². The summed E-state index contributed by atoms with van der Waals surface area (Å²) in [6.45, 7) is 8.18. The molecule has 0 spiro atoms. The minimum atomic E-state index is -0.717. The first-order valence-corrected chi connectivity index (χ1v) is 9.10.